The predicted molar refractivity (Wildman–Crippen MR) is 167 cm³/mol. The number of nitrogens with one attached hydrogen (secondary N) is 2. The molecule has 12 heteroatoms. The molecule has 0 saturated carbocycles. The second-order valence-electron chi connectivity index (χ2n) is 8.89. The SMILES string of the molecule is O=C(Oc1ccc(Br)cc1C=NNC(=O)c1[nH]c2ccc(I)cc2c1-c1ccccc1Cl)c1cccc(C(F)(F)F)c1. The van der Waals surface area contributed by atoms with E-state index in [4.69, 9.17) is 16.3 Å². The third kappa shape index (κ3) is 6.53. The Bertz CT molecular complexity index is 1870. The minimum Gasteiger partial charge on any atom is -0.422 e. The number of fused-ring (bicyclic) bond motifs is 1. The Morgan fingerprint density at radius 3 is 2.55 bits per heavy atom. The van der Waals surface area contributed by atoms with Crippen molar-refractivity contribution in [2.24, 2.45) is 5.10 Å². The summed E-state index contributed by atoms with van der Waals surface area (Å²) in [4.78, 5) is 29.2. The van der Waals surface area contributed by atoms with E-state index in [9.17, 15) is 22.8 Å². The predicted octanol–water partition coefficient (Wildman–Crippen LogP) is 8.86. The number of hydrogen-bond acceptors (Lipinski definition) is 4. The van der Waals surface area contributed by atoms with Gasteiger partial charge >= 0.3 is 12.1 Å². The molecule has 0 fully saturated rings. The number of alkyl halides is 3. The Hall–Kier alpha value is -3.68. The van der Waals surface area contributed by atoms with E-state index in [2.05, 4.69) is 54.0 Å². The van der Waals surface area contributed by atoms with Crippen LogP contribution in [-0.2, 0) is 6.18 Å². The van der Waals surface area contributed by atoms with E-state index < -0.39 is 23.6 Å². The molecule has 0 unspecified atom stereocenters. The molecule has 1 heterocycles. The van der Waals surface area contributed by atoms with Gasteiger partial charge in [-0.25, -0.2) is 10.2 Å². The number of esters is 1. The summed E-state index contributed by atoms with van der Waals surface area (Å²) in [6.45, 7) is 0. The number of benzene rings is 4. The smallest absolute Gasteiger partial charge is 0.416 e. The van der Waals surface area contributed by atoms with Gasteiger partial charge in [-0.05, 0) is 83.3 Å². The van der Waals surface area contributed by atoms with Crippen LogP contribution in [0, 0.1) is 3.57 Å². The molecule has 5 rings (SSSR count). The van der Waals surface area contributed by atoms with Crippen LogP contribution >= 0.6 is 50.1 Å². The quantitative estimate of drug-likeness (QED) is 0.0596. The Balaban J connectivity index is 1.41. The number of nitrogens with zero attached hydrogens (tertiary/aromatic N) is 1. The summed E-state index contributed by atoms with van der Waals surface area (Å²) in [5.74, 6) is -1.51. The van der Waals surface area contributed by atoms with Gasteiger partial charge in [0.2, 0.25) is 0 Å². The molecule has 5 aromatic rings. The lowest BCUT2D eigenvalue weighted by Crippen LogP contribution is -2.19. The zero-order chi connectivity index (χ0) is 30.0. The molecule has 0 aliphatic heterocycles. The monoisotopic (exact) mass is 765 g/mol. The van der Waals surface area contributed by atoms with Crippen LogP contribution < -0.4 is 10.2 Å². The van der Waals surface area contributed by atoms with Gasteiger partial charge in [0.05, 0.1) is 17.3 Å². The highest BCUT2D eigenvalue weighted by molar-refractivity contribution is 14.1. The summed E-state index contributed by atoms with van der Waals surface area (Å²) in [6.07, 6.45) is -3.35. The van der Waals surface area contributed by atoms with E-state index in [1.807, 2.05) is 30.3 Å². The van der Waals surface area contributed by atoms with Crippen LogP contribution in [0.25, 0.3) is 22.0 Å². The fourth-order valence-electron chi connectivity index (χ4n) is 4.19. The second-order valence-corrected chi connectivity index (χ2v) is 11.5. The first-order valence-corrected chi connectivity index (χ1v) is 14.3. The maximum Gasteiger partial charge on any atom is 0.416 e. The third-order valence-corrected chi connectivity index (χ3v) is 7.59. The van der Waals surface area contributed by atoms with Crippen molar-refractivity contribution in [1.29, 1.82) is 0 Å². The Kier molecular flexibility index (Phi) is 8.71. The largest absolute Gasteiger partial charge is 0.422 e. The van der Waals surface area contributed by atoms with Crippen LogP contribution in [0.3, 0.4) is 0 Å². The Morgan fingerprint density at radius 1 is 1.00 bits per heavy atom. The molecule has 0 saturated heterocycles. The fourth-order valence-corrected chi connectivity index (χ4v) is 5.29. The summed E-state index contributed by atoms with van der Waals surface area (Å²) < 4.78 is 46.3. The molecule has 42 heavy (non-hydrogen) atoms. The maximum atomic E-state index is 13.3. The molecule has 0 radical (unpaired) electrons. The molecule has 0 atom stereocenters. The van der Waals surface area contributed by atoms with Crippen molar-refractivity contribution < 1.29 is 27.5 Å². The number of halogens is 6. The molecule has 0 aliphatic rings. The number of carbonyl (C=O) groups excluding carboxylic acids is 2. The van der Waals surface area contributed by atoms with E-state index >= 15 is 0 Å². The first kappa shape index (κ1) is 29.8. The molecule has 212 valence electrons. The van der Waals surface area contributed by atoms with Gasteiger partial charge in [-0.15, -0.1) is 0 Å². The Labute approximate surface area is 264 Å². The van der Waals surface area contributed by atoms with Gasteiger partial charge in [0.15, 0.2) is 0 Å². The third-order valence-electron chi connectivity index (χ3n) is 6.10. The van der Waals surface area contributed by atoms with Crippen LogP contribution in [0.5, 0.6) is 5.75 Å². The summed E-state index contributed by atoms with van der Waals surface area (Å²) in [5.41, 5.74) is 3.76. The number of amides is 1. The van der Waals surface area contributed by atoms with E-state index in [0.29, 0.717) is 26.7 Å². The van der Waals surface area contributed by atoms with Crippen molar-refractivity contribution in [3.8, 4) is 16.9 Å². The summed E-state index contributed by atoms with van der Waals surface area (Å²) in [5, 5.41) is 5.33. The molecular formula is C30H17BrClF3IN3O3. The first-order valence-electron chi connectivity index (χ1n) is 12.1. The zero-order valence-corrected chi connectivity index (χ0v) is 25.6. The molecule has 1 amide bonds. The second kappa shape index (κ2) is 12.3. The van der Waals surface area contributed by atoms with Crippen molar-refractivity contribution in [3.63, 3.8) is 0 Å². The molecule has 0 spiro atoms. The van der Waals surface area contributed by atoms with E-state index in [1.165, 1.54) is 18.3 Å². The minimum absolute atomic E-state index is 0.0237. The normalized spacial score (nSPS) is 11.7. The number of aromatic amines is 1. The minimum atomic E-state index is -4.61. The molecule has 1 aromatic heterocycles. The van der Waals surface area contributed by atoms with Gasteiger partial charge in [0, 0.05) is 40.7 Å². The van der Waals surface area contributed by atoms with Crippen LogP contribution in [0.2, 0.25) is 5.02 Å². The van der Waals surface area contributed by atoms with Gasteiger partial charge < -0.3 is 9.72 Å². The summed E-state index contributed by atoms with van der Waals surface area (Å²) in [6, 6.07) is 21.4. The van der Waals surface area contributed by atoms with Gasteiger partial charge in [0.1, 0.15) is 11.4 Å². The number of hydrazone groups is 1. The van der Waals surface area contributed by atoms with Crippen LogP contribution in [0.1, 0.15) is 32.0 Å². The molecule has 2 N–H and O–H groups in total. The van der Waals surface area contributed by atoms with Crippen LogP contribution in [0.15, 0.2) is 94.5 Å². The molecule has 6 nitrogen and oxygen atoms in total. The van der Waals surface area contributed by atoms with Crippen molar-refractivity contribution in [3.05, 3.63) is 120 Å². The standard InChI is InChI=1S/C30H17BrClF3IN3O3/c31-19-8-11-25(42-29(41)16-4-3-5-18(12-16)30(33,34)35)17(13-19)15-37-39-28(40)27-26(21-6-1-2-7-23(21)32)22-14-20(36)9-10-24(22)38-27/h1-15,38H,(H,39,40). The highest BCUT2D eigenvalue weighted by Gasteiger charge is 2.31. The number of aromatic nitrogens is 1. The number of hydrogen-bond donors (Lipinski definition) is 2. The maximum absolute atomic E-state index is 13.3. The van der Waals surface area contributed by atoms with Crippen LogP contribution in [-0.4, -0.2) is 23.1 Å². The van der Waals surface area contributed by atoms with Gasteiger partial charge in [-0.1, -0.05) is 51.8 Å². The number of rotatable bonds is 6. The van der Waals surface area contributed by atoms with E-state index in [1.54, 1.807) is 24.3 Å². The Morgan fingerprint density at radius 2 is 1.79 bits per heavy atom. The van der Waals surface area contributed by atoms with E-state index in [0.717, 1.165) is 26.6 Å². The lowest BCUT2D eigenvalue weighted by Gasteiger charge is -2.10. The molecular weight excluding hydrogens is 750 g/mol. The fraction of sp³-hybridized carbons (Fsp3) is 0.0333. The van der Waals surface area contributed by atoms with Gasteiger partial charge in [0.25, 0.3) is 5.91 Å². The zero-order valence-electron chi connectivity index (χ0n) is 21.1. The lowest BCUT2D eigenvalue weighted by atomic mass is 10.0. The average Bonchev–Trinajstić information content (AvgIpc) is 3.32. The van der Waals surface area contributed by atoms with Crippen molar-refractivity contribution in [2.75, 3.05) is 0 Å². The summed E-state index contributed by atoms with van der Waals surface area (Å²) >= 11 is 12.0. The highest BCUT2D eigenvalue weighted by Crippen LogP contribution is 2.37. The van der Waals surface area contributed by atoms with E-state index in [-0.39, 0.29) is 22.6 Å². The van der Waals surface area contributed by atoms with Crippen LogP contribution in [0.4, 0.5) is 13.2 Å². The highest BCUT2D eigenvalue weighted by atomic mass is 127. The summed E-state index contributed by atoms with van der Waals surface area (Å²) in [7, 11) is 0. The number of H-pyrrole nitrogens is 1. The molecule has 0 aliphatic carbocycles. The van der Waals surface area contributed by atoms with Gasteiger partial charge in [-0.2, -0.15) is 18.3 Å². The number of carbonyl (C=O) groups is 2. The van der Waals surface area contributed by atoms with Crippen molar-refractivity contribution in [1.82, 2.24) is 10.4 Å². The molecule has 0 bridgehead atoms. The number of ether oxygens (including phenoxy) is 1. The molecule has 4 aromatic carbocycles. The lowest BCUT2D eigenvalue weighted by molar-refractivity contribution is -0.137. The van der Waals surface area contributed by atoms with Crippen molar-refractivity contribution in [2.45, 2.75) is 6.18 Å². The topological polar surface area (TPSA) is 83.5 Å². The van der Waals surface area contributed by atoms with Gasteiger partial charge in [-0.3, -0.25) is 4.79 Å². The van der Waals surface area contributed by atoms with Crippen molar-refractivity contribution >= 4 is 79.1 Å². The average molecular weight is 767 g/mol. The first-order chi connectivity index (χ1) is 20.0.